The maximum atomic E-state index is 13.0. The number of esters is 1. The third-order valence-corrected chi connectivity index (χ3v) is 7.19. The van der Waals surface area contributed by atoms with Crippen molar-refractivity contribution in [3.8, 4) is 11.5 Å². The fourth-order valence-corrected chi connectivity index (χ4v) is 5.13. The van der Waals surface area contributed by atoms with E-state index in [4.69, 9.17) is 14.2 Å². The fraction of sp³-hybridized carbons (Fsp3) is 0.375. The van der Waals surface area contributed by atoms with E-state index in [0.717, 1.165) is 29.8 Å². The van der Waals surface area contributed by atoms with Crippen molar-refractivity contribution in [3.05, 3.63) is 89.0 Å². The van der Waals surface area contributed by atoms with Crippen LogP contribution in [0.3, 0.4) is 0 Å². The maximum absolute atomic E-state index is 13.0. The van der Waals surface area contributed by atoms with Crippen LogP contribution in [-0.4, -0.2) is 56.7 Å². The molecule has 0 bridgehead atoms. The van der Waals surface area contributed by atoms with Crippen LogP contribution < -0.4 is 20.1 Å². The average molecular weight is 546 g/mol. The minimum absolute atomic E-state index is 0.00818. The van der Waals surface area contributed by atoms with E-state index in [-0.39, 0.29) is 17.9 Å². The highest BCUT2D eigenvalue weighted by Crippen LogP contribution is 2.36. The summed E-state index contributed by atoms with van der Waals surface area (Å²) in [5.74, 6) is 1.07. The Morgan fingerprint density at radius 1 is 0.975 bits per heavy atom. The van der Waals surface area contributed by atoms with E-state index in [1.807, 2.05) is 54.6 Å². The third kappa shape index (κ3) is 7.33. The lowest BCUT2D eigenvalue weighted by molar-refractivity contribution is -0.143. The molecule has 0 saturated heterocycles. The number of methoxy groups -OCH3 is 2. The number of hydrogen-bond acceptors (Lipinski definition) is 7. The summed E-state index contributed by atoms with van der Waals surface area (Å²) in [5, 5.41) is 6.33. The Morgan fingerprint density at radius 2 is 1.75 bits per heavy atom. The Morgan fingerprint density at radius 3 is 2.48 bits per heavy atom. The van der Waals surface area contributed by atoms with Gasteiger partial charge in [-0.2, -0.15) is 0 Å². The molecule has 3 aromatic rings. The van der Waals surface area contributed by atoms with Gasteiger partial charge in [-0.25, -0.2) is 4.79 Å². The van der Waals surface area contributed by atoms with Gasteiger partial charge in [0.05, 0.1) is 27.4 Å². The van der Waals surface area contributed by atoms with E-state index in [2.05, 4.69) is 27.7 Å². The highest BCUT2D eigenvalue weighted by atomic mass is 16.5. The summed E-state index contributed by atoms with van der Waals surface area (Å²) in [6.07, 6.45) is 1.50. The van der Waals surface area contributed by atoms with Crippen LogP contribution in [0.15, 0.2) is 66.7 Å². The Kier molecular flexibility index (Phi) is 10.0. The van der Waals surface area contributed by atoms with Gasteiger partial charge >= 0.3 is 5.97 Å². The lowest BCUT2D eigenvalue weighted by Crippen LogP contribution is -2.43. The van der Waals surface area contributed by atoms with Crippen molar-refractivity contribution in [3.63, 3.8) is 0 Å². The molecule has 0 radical (unpaired) electrons. The fourth-order valence-electron chi connectivity index (χ4n) is 5.13. The second kappa shape index (κ2) is 13.8. The van der Waals surface area contributed by atoms with Gasteiger partial charge in [-0.05, 0) is 73.2 Å². The number of nitrogens with zero attached hydrogens (tertiary/aromatic N) is 1. The zero-order chi connectivity index (χ0) is 28.5. The highest BCUT2D eigenvalue weighted by Gasteiger charge is 2.30. The largest absolute Gasteiger partial charge is 0.493 e. The van der Waals surface area contributed by atoms with Gasteiger partial charge in [0.15, 0.2) is 11.5 Å². The number of hydrogen-bond donors (Lipinski definition) is 2. The van der Waals surface area contributed by atoms with Gasteiger partial charge in [0.25, 0.3) is 0 Å². The van der Waals surface area contributed by atoms with Crippen LogP contribution in [0, 0.1) is 0 Å². The van der Waals surface area contributed by atoms with Crippen molar-refractivity contribution < 1.29 is 23.8 Å². The zero-order valence-corrected chi connectivity index (χ0v) is 23.7. The number of ether oxygens (including phenoxy) is 3. The molecule has 0 saturated carbocycles. The minimum Gasteiger partial charge on any atom is -0.493 e. The number of nitrogens with one attached hydrogen (secondary N) is 2. The molecule has 0 spiro atoms. The smallest absolute Gasteiger partial charge is 0.328 e. The summed E-state index contributed by atoms with van der Waals surface area (Å²) in [5.41, 5.74) is 5.40. The molecule has 3 aromatic carbocycles. The molecule has 2 atom stereocenters. The number of anilines is 1. The summed E-state index contributed by atoms with van der Waals surface area (Å²) in [6, 6.07) is 21.6. The molecule has 0 fully saturated rings. The first-order chi connectivity index (χ1) is 19.4. The van der Waals surface area contributed by atoms with Crippen molar-refractivity contribution >= 4 is 17.6 Å². The first-order valence-electron chi connectivity index (χ1n) is 13.7. The molecule has 4 rings (SSSR count). The summed E-state index contributed by atoms with van der Waals surface area (Å²) in [4.78, 5) is 27.4. The Hall–Kier alpha value is -4.04. The molecule has 8 nitrogen and oxygen atoms in total. The van der Waals surface area contributed by atoms with Crippen molar-refractivity contribution in [2.75, 3.05) is 39.2 Å². The minimum atomic E-state index is -0.450. The molecular formula is C32H39N3O5. The molecule has 1 aliphatic rings. The first kappa shape index (κ1) is 29.0. The first-order valence-corrected chi connectivity index (χ1v) is 13.7. The normalized spacial score (nSPS) is 15.4. The molecule has 1 amide bonds. The zero-order valence-electron chi connectivity index (χ0n) is 23.7. The summed E-state index contributed by atoms with van der Waals surface area (Å²) < 4.78 is 16.1. The number of carbonyl (C=O) groups is 2. The number of rotatable bonds is 12. The second-order valence-electron chi connectivity index (χ2n) is 9.92. The van der Waals surface area contributed by atoms with Gasteiger partial charge in [0, 0.05) is 24.8 Å². The highest BCUT2D eigenvalue weighted by molar-refractivity contribution is 5.79. The molecule has 2 N–H and O–H groups in total. The van der Waals surface area contributed by atoms with Crippen LogP contribution in [0.2, 0.25) is 0 Å². The van der Waals surface area contributed by atoms with Crippen molar-refractivity contribution in [1.29, 1.82) is 0 Å². The molecule has 212 valence electrons. The average Bonchev–Trinajstić information content (AvgIpc) is 2.97. The molecular weight excluding hydrogens is 506 g/mol. The lowest BCUT2D eigenvalue weighted by atomic mass is 9.88. The molecule has 1 aliphatic heterocycles. The van der Waals surface area contributed by atoms with Gasteiger partial charge in [0.2, 0.25) is 5.91 Å². The number of fused-ring (bicyclic) bond motifs is 1. The Bertz CT molecular complexity index is 1300. The standard InChI is InChI=1S/C32H39N3O5/c1-5-40-32(37)22(2)34-26-12-13-27-25(19-26)15-16-35(21-31(36)33-20-23-9-7-6-8-10-23)28(27)17-24-11-14-29(38-3)30(18-24)39-4/h6-14,18-19,22,28,34H,5,15-17,20-21H2,1-4H3,(H,33,36). The van der Waals surface area contributed by atoms with Crippen molar-refractivity contribution in [2.45, 2.75) is 45.3 Å². The van der Waals surface area contributed by atoms with E-state index < -0.39 is 6.04 Å². The van der Waals surface area contributed by atoms with E-state index in [9.17, 15) is 9.59 Å². The predicted octanol–water partition coefficient (Wildman–Crippen LogP) is 4.53. The van der Waals surface area contributed by atoms with Crippen LogP contribution in [0.4, 0.5) is 5.69 Å². The van der Waals surface area contributed by atoms with Gasteiger partial charge in [0.1, 0.15) is 6.04 Å². The van der Waals surface area contributed by atoms with Gasteiger partial charge in [-0.3, -0.25) is 9.69 Å². The van der Waals surface area contributed by atoms with E-state index in [1.165, 1.54) is 11.1 Å². The molecule has 1 heterocycles. The summed E-state index contributed by atoms with van der Waals surface area (Å²) >= 11 is 0. The second-order valence-corrected chi connectivity index (χ2v) is 9.92. The molecule has 2 unspecified atom stereocenters. The quantitative estimate of drug-likeness (QED) is 0.324. The number of carbonyl (C=O) groups excluding carboxylic acids is 2. The Labute approximate surface area is 236 Å². The monoisotopic (exact) mass is 545 g/mol. The summed E-state index contributed by atoms with van der Waals surface area (Å²) in [6.45, 7) is 5.48. The van der Waals surface area contributed by atoms with E-state index in [1.54, 1.807) is 28.1 Å². The molecule has 0 aliphatic carbocycles. The van der Waals surface area contributed by atoms with Gasteiger partial charge in [-0.15, -0.1) is 0 Å². The van der Waals surface area contributed by atoms with E-state index in [0.29, 0.717) is 37.6 Å². The number of amides is 1. The Balaban J connectivity index is 1.55. The topological polar surface area (TPSA) is 89.1 Å². The van der Waals surface area contributed by atoms with Crippen molar-refractivity contribution in [2.24, 2.45) is 0 Å². The summed E-state index contributed by atoms with van der Waals surface area (Å²) in [7, 11) is 3.26. The van der Waals surface area contributed by atoms with Crippen molar-refractivity contribution in [1.82, 2.24) is 10.2 Å². The van der Waals surface area contributed by atoms with Gasteiger partial charge in [-0.1, -0.05) is 42.5 Å². The molecule has 40 heavy (non-hydrogen) atoms. The van der Waals surface area contributed by atoms with Crippen LogP contribution in [0.5, 0.6) is 11.5 Å². The van der Waals surface area contributed by atoms with E-state index >= 15 is 0 Å². The van der Waals surface area contributed by atoms with Crippen LogP contribution in [0.25, 0.3) is 0 Å². The van der Waals surface area contributed by atoms with Crippen LogP contribution in [-0.2, 0) is 33.7 Å². The third-order valence-electron chi connectivity index (χ3n) is 7.19. The lowest BCUT2D eigenvalue weighted by Gasteiger charge is -2.37. The predicted molar refractivity (Wildman–Crippen MR) is 156 cm³/mol. The van der Waals surface area contributed by atoms with Crippen LogP contribution in [0.1, 0.15) is 42.1 Å². The number of benzene rings is 3. The molecule has 0 aromatic heterocycles. The molecule has 8 heteroatoms. The van der Waals surface area contributed by atoms with Gasteiger partial charge < -0.3 is 24.8 Å². The maximum Gasteiger partial charge on any atom is 0.328 e. The SMILES string of the molecule is CCOC(=O)C(C)Nc1ccc2c(c1)CCN(CC(=O)NCc1ccccc1)C2Cc1ccc(OC)c(OC)c1. The van der Waals surface area contributed by atoms with Crippen LogP contribution >= 0.6 is 0 Å².